The zero-order chi connectivity index (χ0) is 8.10. The normalized spacial score (nSPS) is 12.8. The minimum Gasteiger partial charge on any atom is -0.306 e. The molecule has 0 saturated heterocycles. The van der Waals surface area contributed by atoms with Gasteiger partial charge in [-0.05, 0) is 6.54 Å². The summed E-state index contributed by atoms with van der Waals surface area (Å²) >= 11 is 1.65. The lowest BCUT2D eigenvalue weighted by molar-refractivity contribution is 0.657. The summed E-state index contributed by atoms with van der Waals surface area (Å²) in [5.74, 6) is 0. The second-order valence-electron chi connectivity index (χ2n) is 2.17. The molecule has 2 nitrogen and oxygen atoms in total. The fraction of sp³-hybridized carbons (Fsp3) is 0.375. The van der Waals surface area contributed by atoms with Gasteiger partial charge >= 0.3 is 0 Å². The van der Waals surface area contributed by atoms with Gasteiger partial charge in [0.25, 0.3) is 0 Å². The largest absolute Gasteiger partial charge is 0.306 e. The van der Waals surface area contributed by atoms with E-state index in [1.807, 2.05) is 17.8 Å². The van der Waals surface area contributed by atoms with Gasteiger partial charge in [0, 0.05) is 11.1 Å². The molecule has 11 heavy (non-hydrogen) atoms. The molecule has 1 rings (SSSR count). The molecule has 0 fully saturated rings. The highest BCUT2D eigenvalue weighted by Gasteiger charge is 2.05. The van der Waals surface area contributed by atoms with E-state index in [9.17, 15) is 0 Å². The molecule has 0 amide bonds. The highest BCUT2D eigenvalue weighted by Crippen LogP contribution is 2.17. The van der Waals surface area contributed by atoms with Gasteiger partial charge in [0.1, 0.15) is 0 Å². The molecule has 0 saturated carbocycles. The van der Waals surface area contributed by atoms with Crippen LogP contribution >= 0.6 is 11.3 Å². The van der Waals surface area contributed by atoms with Crippen molar-refractivity contribution in [3.8, 4) is 0 Å². The van der Waals surface area contributed by atoms with Crippen LogP contribution in [0.5, 0.6) is 0 Å². The Morgan fingerprint density at radius 3 is 3.18 bits per heavy atom. The molecule has 0 aliphatic heterocycles. The summed E-state index contributed by atoms with van der Waals surface area (Å²) in [6.07, 6.45) is 3.77. The average Bonchev–Trinajstić information content (AvgIpc) is 2.52. The predicted molar refractivity (Wildman–Crippen MR) is 48.7 cm³/mol. The van der Waals surface area contributed by atoms with Gasteiger partial charge < -0.3 is 5.32 Å². The molecule has 1 aromatic heterocycles. The molecule has 1 N–H and O–H groups in total. The summed E-state index contributed by atoms with van der Waals surface area (Å²) in [4.78, 5) is 5.23. The van der Waals surface area contributed by atoms with Gasteiger partial charge in [-0.25, -0.2) is 0 Å². The number of rotatable bonds is 4. The lowest BCUT2D eigenvalue weighted by atomic mass is 10.2. The van der Waals surface area contributed by atoms with Crippen LogP contribution in [0.15, 0.2) is 24.4 Å². The number of hydrogen-bond acceptors (Lipinski definition) is 3. The van der Waals surface area contributed by atoms with Crippen LogP contribution in [0.4, 0.5) is 0 Å². The molecule has 0 aliphatic rings. The fourth-order valence-electron chi connectivity index (χ4n) is 0.899. The number of thiazole rings is 1. The van der Waals surface area contributed by atoms with Crippen molar-refractivity contribution < 1.29 is 0 Å². The minimum atomic E-state index is 0.271. The molecule has 1 aromatic rings. The molecule has 1 unspecified atom stereocenters. The summed E-state index contributed by atoms with van der Waals surface area (Å²) in [7, 11) is 0. The maximum absolute atomic E-state index is 4.00. The summed E-state index contributed by atoms with van der Waals surface area (Å²) in [6, 6.07) is 0.271. The molecule has 0 bridgehead atoms. The number of aromatic nitrogens is 1. The molecule has 0 spiro atoms. The van der Waals surface area contributed by atoms with Crippen molar-refractivity contribution in [2.75, 3.05) is 6.54 Å². The van der Waals surface area contributed by atoms with E-state index in [4.69, 9.17) is 0 Å². The van der Waals surface area contributed by atoms with Gasteiger partial charge in [-0.3, -0.25) is 4.98 Å². The zero-order valence-corrected chi connectivity index (χ0v) is 7.40. The van der Waals surface area contributed by atoms with E-state index in [2.05, 4.69) is 23.8 Å². The van der Waals surface area contributed by atoms with Gasteiger partial charge in [-0.15, -0.1) is 17.9 Å². The highest BCUT2D eigenvalue weighted by atomic mass is 32.1. The van der Waals surface area contributed by atoms with Crippen LogP contribution < -0.4 is 5.32 Å². The summed E-state index contributed by atoms with van der Waals surface area (Å²) in [5.41, 5.74) is 1.84. The van der Waals surface area contributed by atoms with Crippen molar-refractivity contribution in [2.45, 2.75) is 13.0 Å². The Morgan fingerprint density at radius 1 is 1.91 bits per heavy atom. The summed E-state index contributed by atoms with van der Waals surface area (Å²) in [6.45, 7) is 6.79. The first-order valence-corrected chi connectivity index (χ1v) is 4.50. The first kappa shape index (κ1) is 8.43. The van der Waals surface area contributed by atoms with Crippen molar-refractivity contribution in [1.29, 1.82) is 0 Å². The Morgan fingerprint density at radius 2 is 2.73 bits per heavy atom. The molecule has 60 valence electrons. The lowest BCUT2D eigenvalue weighted by Crippen LogP contribution is -2.17. The van der Waals surface area contributed by atoms with Crippen LogP contribution in [0.2, 0.25) is 0 Å². The third-order valence-electron chi connectivity index (χ3n) is 1.42. The molecular formula is C8H12N2S. The van der Waals surface area contributed by atoms with Crippen molar-refractivity contribution in [2.24, 2.45) is 0 Å². The molecule has 1 atom stereocenters. The lowest BCUT2D eigenvalue weighted by Gasteiger charge is -2.09. The Hall–Kier alpha value is -0.670. The topological polar surface area (TPSA) is 24.9 Å². The molecule has 1 heterocycles. The number of nitrogens with zero attached hydrogens (tertiary/aromatic N) is 1. The van der Waals surface area contributed by atoms with E-state index in [1.54, 1.807) is 11.3 Å². The van der Waals surface area contributed by atoms with E-state index < -0.39 is 0 Å². The van der Waals surface area contributed by atoms with Crippen molar-refractivity contribution in [3.63, 3.8) is 0 Å². The molecule has 0 radical (unpaired) electrons. The maximum Gasteiger partial charge on any atom is 0.0794 e. The van der Waals surface area contributed by atoms with Crippen LogP contribution in [0.1, 0.15) is 17.8 Å². The van der Waals surface area contributed by atoms with Crippen LogP contribution in [-0.2, 0) is 0 Å². The molecule has 3 heteroatoms. The predicted octanol–water partition coefficient (Wildman–Crippen LogP) is 1.98. The SMILES string of the molecule is C=CC(NCC)c1cncs1. The van der Waals surface area contributed by atoms with Gasteiger partial charge in [-0.1, -0.05) is 13.0 Å². The number of hydrogen-bond donors (Lipinski definition) is 1. The maximum atomic E-state index is 4.00. The van der Waals surface area contributed by atoms with E-state index in [0.29, 0.717) is 0 Å². The average molecular weight is 168 g/mol. The Labute approximate surface area is 71.0 Å². The first-order valence-electron chi connectivity index (χ1n) is 3.62. The standard InChI is InChI=1S/C8H12N2S/c1-3-7(10-4-2)8-5-9-6-11-8/h3,5-7,10H,1,4H2,2H3. The zero-order valence-electron chi connectivity index (χ0n) is 6.58. The summed E-state index contributed by atoms with van der Waals surface area (Å²) in [5, 5.41) is 3.29. The monoisotopic (exact) mass is 168 g/mol. The molecule has 0 aromatic carbocycles. The van der Waals surface area contributed by atoms with Gasteiger partial charge in [0.05, 0.1) is 11.6 Å². The highest BCUT2D eigenvalue weighted by molar-refractivity contribution is 7.09. The smallest absolute Gasteiger partial charge is 0.0794 e. The minimum absolute atomic E-state index is 0.271. The Kier molecular flexibility index (Phi) is 3.26. The fourth-order valence-corrected chi connectivity index (χ4v) is 1.59. The molecule has 0 aliphatic carbocycles. The first-order chi connectivity index (χ1) is 5.38. The summed E-state index contributed by atoms with van der Waals surface area (Å²) < 4.78 is 0. The van der Waals surface area contributed by atoms with Crippen LogP contribution in [0.25, 0.3) is 0 Å². The van der Waals surface area contributed by atoms with E-state index in [1.165, 1.54) is 4.88 Å². The van der Waals surface area contributed by atoms with Crippen molar-refractivity contribution in [3.05, 3.63) is 29.2 Å². The number of nitrogens with one attached hydrogen (secondary N) is 1. The number of likely N-dealkylation sites (N-methyl/N-ethyl adjacent to an activating group) is 1. The Balaban J connectivity index is 2.63. The van der Waals surface area contributed by atoms with Crippen LogP contribution in [0, 0.1) is 0 Å². The van der Waals surface area contributed by atoms with Crippen LogP contribution in [-0.4, -0.2) is 11.5 Å². The van der Waals surface area contributed by atoms with Crippen molar-refractivity contribution in [1.82, 2.24) is 10.3 Å². The van der Waals surface area contributed by atoms with Gasteiger partial charge in [0.2, 0.25) is 0 Å². The van der Waals surface area contributed by atoms with E-state index >= 15 is 0 Å². The third kappa shape index (κ3) is 2.13. The second kappa shape index (κ2) is 4.26. The Bertz CT molecular complexity index is 206. The van der Waals surface area contributed by atoms with E-state index in [0.717, 1.165) is 6.54 Å². The second-order valence-corrected chi connectivity index (χ2v) is 3.09. The van der Waals surface area contributed by atoms with Gasteiger partial charge in [0.15, 0.2) is 0 Å². The quantitative estimate of drug-likeness (QED) is 0.695. The van der Waals surface area contributed by atoms with Crippen LogP contribution in [0.3, 0.4) is 0 Å². The van der Waals surface area contributed by atoms with Gasteiger partial charge in [-0.2, -0.15) is 0 Å². The molecular weight excluding hydrogens is 156 g/mol. The van der Waals surface area contributed by atoms with Crippen molar-refractivity contribution >= 4 is 11.3 Å². The van der Waals surface area contributed by atoms with E-state index in [-0.39, 0.29) is 6.04 Å². The third-order valence-corrected chi connectivity index (χ3v) is 2.28.